The molecule has 1 rings (SSSR count). The van der Waals surface area contributed by atoms with E-state index in [1.165, 1.54) is 6.07 Å². The minimum absolute atomic E-state index is 0.283. The molecule has 0 aliphatic heterocycles. The van der Waals surface area contributed by atoms with E-state index in [0.29, 0.717) is 12.0 Å². The summed E-state index contributed by atoms with van der Waals surface area (Å²) in [4.78, 5) is 11.7. The number of amides is 1. The Bertz CT molecular complexity index is 423. The smallest absolute Gasteiger partial charge is 0.237 e. The van der Waals surface area contributed by atoms with Crippen molar-refractivity contribution in [1.82, 2.24) is 5.32 Å². The van der Waals surface area contributed by atoms with Crippen LogP contribution in [0.15, 0.2) is 18.2 Å². The van der Waals surface area contributed by atoms with Crippen molar-refractivity contribution in [3.8, 4) is 0 Å². The van der Waals surface area contributed by atoms with Crippen LogP contribution in [-0.2, 0) is 4.79 Å². The van der Waals surface area contributed by atoms with Crippen LogP contribution >= 0.6 is 0 Å². The first-order valence-corrected chi connectivity index (χ1v) is 5.96. The Kier molecular flexibility index (Phi) is 5.22. The normalized spacial score (nSPS) is 14.1. The quantitative estimate of drug-likeness (QED) is 0.849. The Morgan fingerprint density at radius 2 is 2.06 bits per heavy atom. The zero-order chi connectivity index (χ0) is 13.7. The molecule has 1 aromatic rings. The molecule has 0 bridgehead atoms. The van der Waals surface area contributed by atoms with E-state index in [9.17, 15) is 13.6 Å². The molecule has 0 spiro atoms. The zero-order valence-electron chi connectivity index (χ0n) is 10.5. The predicted octanol–water partition coefficient (Wildman–Crippen LogP) is 2.27. The van der Waals surface area contributed by atoms with E-state index in [1.807, 2.05) is 6.92 Å². The predicted molar refractivity (Wildman–Crippen MR) is 65.8 cm³/mol. The fourth-order valence-electron chi connectivity index (χ4n) is 1.63. The molecule has 1 unspecified atom stereocenters. The van der Waals surface area contributed by atoms with Gasteiger partial charge in [0.15, 0.2) is 11.6 Å². The van der Waals surface area contributed by atoms with Gasteiger partial charge < -0.3 is 11.1 Å². The third kappa shape index (κ3) is 3.77. The van der Waals surface area contributed by atoms with Gasteiger partial charge in [0, 0.05) is 0 Å². The lowest BCUT2D eigenvalue weighted by molar-refractivity contribution is -0.123. The van der Waals surface area contributed by atoms with E-state index < -0.39 is 23.7 Å². The molecule has 1 aromatic carbocycles. The minimum atomic E-state index is -0.925. The van der Waals surface area contributed by atoms with Crippen LogP contribution in [0.3, 0.4) is 0 Å². The Morgan fingerprint density at radius 1 is 1.39 bits per heavy atom. The van der Waals surface area contributed by atoms with Gasteiger partial charge >= 0.3 is 0 Å². The topological polar surface area (TPSA) is 55.1 Å². The molecule has 0 saturated carbocycles. The maximum atomic E-state index is 13.0. The van der Waals surface area contributed by atoms with Crippen molar-refractivity contribution in [3.63, 3.8) is 0 Å². The highest BCUT2D eigenvalue weighted by Gasteiger charge is 2.16. The molecule has 5 heteroatoms. The summed E-state index contributed by atoms with van der Waals surface area (Å²) in [5.41, 5.74) is 6.17. The van der Waals surface area contributed by atoms with Gasteiger partial charge in [-0.2, -0.15) is 0 Å². The van der Waals surface area contributed by atoms with Gasteiger partial charge in [0.05, 0.1) is 12.1 Å². The van der Waals surface area contributed by atoms with Crippen molar-refractivity contribution in [2.75, 3.05) is 0 Å². The molecule has 0 aliphatic rings. The lowest BCUT2D eigenvalue weighted by Gasteiger charge is -2.17. The summed E-state index contributed by atoms with van der Waals surface area (Å²) >= 11 is 0. The highest BCUT2D eigenvalue weighted by Crippen LogP contribution is 2.16. The number of carbonyl (C=O) groups is 1. The van der Waals surface area contributed by atoms with Gasteiger partial charge in [-0.15, -0.1) is 0 Å². The molecule has 1 amide bonds. The summed E-state index contributed by atoms with van der Waals surface area (Å²) in [6, 6.07) is 2.58. The van der Waals surface area contributed by atoms with Gasteiger partial charge in [-0.25, -0.2) is 8.78 Å². The lowest BCUT2D eigenvalue weighted by Crippen LogP contribution is -2.41. The fraction of sp³-hybridized carbons (Fsp3) is 0.462. The first-order valence-electron chi connectivity index (χ1n) is 5.96. The van der Waals surface area contributed by atoms with Gasteiger partial charge in [-0.3, -0.25) is 4.79 Å². The molecule has 0 fully saturated rings. The Balaban J connectivity index is 2.67. The molecule has 3 N–H and O–H groups in total. The first-order chi connectivity index (χ1) is 8.45. The lowest BCUT2D eigenvalue weighted by atomic mass is 10.1. The summed E-state index contributed by atoms with van der Waals surface area (Å²) in [5, 5.41) is 2.67. The van der Waals surface area contributed by atoms with Crippen LogP contribution in [0.2, 0.25) is 0 Å². The monoisotopic (exact) mass is 256 g/mol. The number of halogens is 2. The molecule has 3 nitrogen and oxygen atoms in total. The van der Waals surface area contributed by atoms with Crippen LogP contribution in [0, 0.1) is 11.6 Å². The van der Waals surface area contributed by atoms with Crippen molar-refractivity contribution in [2.24, 2.45) is 5.73 Å². The fourth-order valence-corrected chi connectivity index (χ4v) is 1.63. The van der Waals surface area contributed by atoms with Crippen molar-refractivity contribution in [2.45, 2.75) is 38.8 Å². The van der Waals surface area contributed by atoms with Crippen molar-refractivity contribution >= 4 is 5.91 Å². The molecule has 0 aromatic heterocycles. The second-order valence-electron chi connectivity index (χ2n) is 4.30. The van der Waals surface area contributed by atoms with Crippen LogP contribution in [-0.4, -0.2) is 11.9 Å². The molecule has 2 atom stereocenters. The van der Waals surface area contributed by atoms with Gasteiger partial charge in [0.25, 0.3) is 0 Å². The Morgan fingerprint density at radius 3 is 2.61 bits per heavy atom. The number of rotatable bonds is 5. The van der Waals surface area contributed by atoms with Crippen molar-refractivity contribution in [1.29, 1.82) is 0 Å². The van der Waals surface area contributed by atoms with E-state index in [4.69, 9.17) is 5.73 Å². The maximum Gasteiger partial charge on any atom is 0.237 e. The van der Waals surface area contributed by atoms with Crippen LogP contribution in [0.1, 0.15) is 38.3 Å². The van der Waals surface area contributed by atoms with Crippen LogP contribution in [0.4, 0.5) is 8.78 Å². The summed E-state index contributed by atoms with van der Waals surface area (Å²) < 4.78 is 25.8. The van der Waals surface area contributed by atoms with Crippen LogP contribution < -0.4 is 11.1 Å². The van der Waals surface area contributed by atoms with Crippen molar-refractivity contribution in [3.05, 3.63) is 35.4 Å². The van der Waals surface area contributed by atoms with E-state index >= 15 is 0 Å². The zero-order valence-corrected chi connectivity index (χ0v) is 10.5. The minimum Gasteiger partial charge on any atom is -0.348 e. The molecule has 18 heavy (non-hydrogen) atoms. The number of hydrogen-bond acceptors (Lipinski definition) is 2. The highest BCUT2D eigenvalue weighted by molar-refractivity contribution is 5.81. The van der Waals surface area contributed by atoms with Gasteiger partial charge in [-0.1, -0.05) is 19.4 Å². The molecule has 0 aliphatic carbocycles. The number of nitrogens with one attached hydrogen (secondary N) is 1. The average molecular weight is 256 g/mol. The number of benzene rings is 1. The average Bonchev–Trinajstić information content (AvgIpc) is 2.32. The van der Waals surface area contributed by atoms with Gasteiger partial charge in [0.1, 0.15) is 0 Å². The van der Waals surface area contributed by atoms with Gasteiger partial charge in [0.2, 0.25) is 5.91 Å². The summed E-state index contributed by atoms with van der Waals surface area (Å²) in [6.45, 7) is 3.63. The van der Waals surface area contributed by atoms with Crippen LogP contribution in [0.25, 0.3) is 0 Å². The molecule has 0 heterocycles. The standard InChI is InChI=1S/C13H18F2N2O/c1-3-4-12(16)13(18)17-8(2)9-5-6-10(14)11(15)7-9/h5-8,12H,3-4,16H2,1-2H3,(H,17,18)/t8?,12-/m1/s1. The molecular formula is C13H18F2N2O. The number of hydrogen-bond donors (Lipinski definition) is 2. The molecule has 100 valence electrons. The number of carbonyl (C=O) groups excluding carboxylic acids is 1. The van der Waals surface area contributed by atoms with E-state index in [0.717, 1.165) is 18.6 Å². The third-order valence-corrected chi connectivity index (χ3v) is 2.74. The summed E-state index contributed by atoms with van der Waals surface area (Å²) in [6.07, 6.45) is 1.41. The second-order valence-corrected chi connectivity index (χ2v) is 4.30. The Hall–Kier alpha value is -1.49. The van der Waals surface area contributed by atoms with E-state index in [2.05, 4.69) is 5.32 Å². The molecule has 0 radical (unpaired) electrons. The van der Waals surface area contributed by atoms with E-state index in [-0.39, 0.29) is 5.91 Å². The van der Waals surface area contributed by atoms with Crippen molar-refractivity contribution < 1.29 is 13.6 Å². The molecule has 0 saturated heterocycles. The molecular weight excluding hydrogens is 238 g/mol. The highest BCUT2D eigenvalue weighted by atomic mass is 19.2. The first kappa shape index (κ1) is 14.6. The number of nitrogens with two attached hydrogens (primary N) is 1. The summed E-state index contributed by atoms with van der Waals surface area (Å²) in [7, 11) is 0. The second kappa shape index (κ2) is 6.44. The maximum absolute atomic E-state index is 13.0. The summed E-state index contributed by atoms with van der Waals surface area (Å²) in [5.74, 6) is -2.11. The van der Waals surface area contributed by atoms with Gasteiger partial charge in [-0.05, 0) is 31.0 Å². The Labute approximate surface area is 105 Å². The van der Waals surface area contributed by atoms with E-state index in [1.54, 1.807) is 6.92 Å². The third-order valence-electron chi connectivity index (χ3n) is 2.74. The largest absolute Gasteiger partial charge is 0.348 e. The SMILES string of the molecule is CCC[C@@H](N)C(=O)NC(C)c1ccc(F)c(F)c1. The van der Waals surface area contributed by atoms with Crippen LogP contribution in [0.5, 0.6) is 0 Å².